The smallest absolute Gasteiger partial charge is 0.337 e. The van der Waals surface area contributed by atoms with Crippen molar-refractivity contribution in [1.29, 1.82) is 0 Å². The van der Waals surface area contributed by atoms with Crippen molar-refractivity contribution in [1.82, 2.24) is 14.5 Å². The Morgan fingerprint density at radius 2 is 1.88 bits per heavy atom. The Balaban J connectivity index is 1.82. The highest BCUT2D eigenvalue weighted by atomic mass is 19.4. The Morgan fingerprint density at radius 3 is 2.52 bits per heavy atom. The zero-order valence-corrected chi connectivity index (χ0v) is 14.1. The zero-order valence-electron chi connectivity index (χ0n) is 14.1. The molecule has 0 spiro atoms. The van der Waals surface area contributed by atoms with Crippen molar-refractivity contribution in [3.05, 3.63) is 48.0 Å². The molecule has 0 bridgehead atoms. The molecule has 2 heterocycles. The minimum absolute atomic E-state index is 0.177. The van der Waals surface area contributed by atoms with Crippen LogP contribution >= 0.6 is 0 Å². The first-order valence-electron chi connectivity index (χ1n) is 8.25. The number of hydrogen-bond acceptors (Lipinski definition) is 2. The average Bonchev–Trinajstić information content (AvgIpc) is 3.02. The molecule has 1 aliphatic heterocycles. The number of amides is 1. The van der Waals surface area contributed by atoms with Crippen molar-refractivity contribution >= 4 is 5.91 Å². The Kier molecular flexibility index (Phi) is 4.58. The van der Waals surface area contributed by atoms with Crippen LogP contribution in [-0.4, -0.2) is 33.4 Å². The lowest BCUT2D eigenvalue weighted by molar-refractivity contribution is -0.137. The van der Waals surface area contributed by atoms with Gasteiger partial charge in [0.1, 0.15) is 12.0 Å². The molecule has 7 heteroatoms. The third-order valence-electron chi connectivity index (χ3n) is 4.43. The topological polar surface area (TPSA) is 38.1 Å². The van der Waals surface area contributed by atoms with Gasteiger partial charge in [-0.1, -0.05) is 19.9 Å². The second kappa shape index (κ2) is 6.54. The maximum Gasteiger partial charge on any atom is 0.416 e. The molecule has 134 valence electrons. The van der Waals surface area contributed by atoms with Crippen LogP contribution in [0.2, 0.25) is 0 Å². The number of carbonyl (C=O) groups excluding carboxylic acids is 1. The Hall–Kier alpha value is -2.31. The second-order valence-corrected chi connectivity index (χ2v) is 6.87. The van der Waals surface area contributed by atoms with Gasteiger partial charge in [-0.15, -0.1) is 0 Å². The molecule has 1 aromatic carbocycles. The molecule has 1 fully saturated rings. The summed E-state index contributed by atoms with van der Waals surface area (Å²) in [6, 6.07) is 4.95. The Bertz CT molecular complexity index is 759. The van der Waals surface area contributed by atoms with Crippen LogP contribution in [0.4, 0.5) is 13.2 Å². The van der Waals surface area contributed by atoms with E-state index in [0.29, 0.717) is 30.6 Å². The number of halogens is 3. The summed E-state index contributed by atoms with van der Waals surface area (Å²) in [5, 5.41) is 0. The minimum Gasteiger partial charge on any atom is -0.337 e. The summed E-state index contributed by atoms with van der Waals surface area (Å²) in [4.78, 5) is 18.5. The van der Waals surface area contributed by atoms with E-state index in [2.05, 4.69) is 18.8 Å². The van der Waals surface area contributed by atoms with Crippen LogP contribution in [0.15, 0.2) is 36.8 Å². The number of hydrogen-bond donors (Lipinski definition) is 0. The van der Waals surface area contributed by atoms with Crippen molar-refractivity contribution in [3.8, 4) is 5.69 Å². The lowest BCUT2D eigenvalue weighted by Crippen LogP contribution is -2.42. The normalized spacial score (nSPS) is 21.4. The molecule has 4 nitrogen and oxygen atoms in total. The molecule has 1 aliphatic rings. The number of likely N-dealkylation sites (tertiary alicyclic amines) is 1. The number of rotatable bonds is 2. The lowest BCUT2D eigenvalue weighted by Gasteiger charge is -2.34. The van der Waals surface area contributed by atoms with E-state index in [1.54, 1.807) is 11.0 Å². The van der Waals surface area contributed by atoms with Gasteiger partial charge < -0.3 is 9.47 Å². The first-order chi connectivity index (χ1) is 11.7. The largest absolute Gasteiger partial charge is 0.416 e. The van der Waals surface area contributed by atoms with Gasteiger partial charge in [0.15, 0.2) is 0 Å². The summed E-state index contributed by atoms with van der Waals surface area (Å²) in [6.45, 7) is 5.58. The molecule has 1 aromatic heterocycles. The van der Waals surface area contributed by atoms with Crippen LogP contribution in [0.25, 0.3) is 5.69 Å². The van der Waals surface area contributed by atoms with Crippen molar-refractivity contribution in [2.24, 2.45) is 11.8 Å². The van der Waals surface area contributed by atoms with E-state index in [1.165, 1.54) is 23.2 Å². The summed E-state index contributed by atoms with van der Waals surface area (Å²) in [5.41, 5.74) is -0.161. The maximum absolute atomic E-state index is 12.8. The molecule has 1 saturated heterocycles. The number of imidazole rings is 1. The van der Waals surface area contributed by atoms with Gasteiger partial charge in [0.25, 0.3) is 5.91 Å². The molecule has 2 aromatic rings. The van der Waals surface area contributed by atoms with Gasteiger partial charge in [-0.3, -0.25) is 4.79 Å². The fraction of sp³-hybridized carbons (Fsp3) is 0.444. The summed E-state index contributed by atoms with van der Waals surface area (Å²) >= 11 is 0. The molecular formula is C18H20F3N3O. The molecule has 3 rings (SSSR count). The highest BCUT2D eigenvalue weighted by molar-refractivity contribution is 5.92. The average molecular weight is 351 g/mol. The summed E-state index contributed by atoms with van der Waals surface area (Å²) in [7, 11) is 0. The van der Waals surface area contributed by atoms with Gasteiger partial charge in [0, 0.05) is 25.0 Å². The van der Waals surface area contributed by atoms with Gasteiger partial charge >= 0.3 is 6.18 Å². The molecule has 0 N–H and O–H groups in total. The highest BCUT2D eigenvalue weighted by Crippen LogP contribution is 2.30. The van der Waals surface area contributed by atoms with Crippen molar-refractivity contribution in [2.75, 3.05) is 13.1 Å². The number of alkyl halides is 3. The van der Waals surface area contributed by atoms with Gasteiger partial charge in [0.2, 0.25) is 0 Å². The van der Waals surface area contributed by atoms with E-state index in [9.17, 15) is 18.0 Å². The van der Waals surface area contributed by atoms with Crippen LogP contribution in [0, 0.1) is 11.8 Å². The zero-order chi connectivity index (χ0) is 18.2. The van der Waals surface area contributed by atoms with Gasteiger partial charge in [-0.2, -0.15) is 13.2 Å². The first-order valence-corrected chi connectivity index (χ1v) is 8.25. The number of nitrogens with zero attached hydrogens (tertiary/aromatic N) is 3. The molecule has 1 amide bonds. The molecule has 0 unspecified atom stereocenters. The quantitative estimate of drug-likeness (QED) is 0.820. The maximum atomic E-state index is 12.8. The van der Waals surface area contributed by atoms with Crippen molar-refractivity contribution in [2.45, 2.75) is 26.4 Å². The first kappa shape index (κ1) is 17.5. The fourth-order valence-corrected chi connectivity index (χ4v) is 3.41. The van der Waals surface area contributed by atoms with E-state index in [0.717, 1.165) is 18.6 Å². The van der Waals surface area contributed by atoms with E-state index < -0.39 is 11.7 Å². The van der Waals surface area contributed by atoms with Crippen molar-refractivity contribution in [3.63, 3.8) is 0 Å². The lowest BCUT2D eigenvalue weighted by atomic mass is 9.92. The summed E-state index contributed by atoms with van der Waals surface area (Å²) in [5.74, 6) is 0.681. The predicted octanol–water partition coefficient (Wildman–Crippen LogP) is 4.01. The predicted molar refractivity (Wildman–Crippen MR) is 87.4 cm³/mol. The Labute approximate surface area is 144 Å². The molecular weight excluding hydrogens is 331 g/mol. The molecule has 0 saturated carbocycles. The second-order valence-electron chi connectivity index (χ2n) is 6.87. The van der Waals surface area contributed by atoms with Crippen LogP contribution < -0.4 is 0 Å². The third-order valence-corrected chi connectivity index (χ3v) is 4.43. The summed E-state index contributed by atoms with van der Waals surface area (Å²) in [6.07, 6.45) is -0.459. The highest BCUT2D eigenvalue weighted by Gasteiger charge is 2.31. The molecule has 0 aliphatic carbocycles. The van der Waals surface area contributed by atoms with Crippen molar-refractivity contribution < 1.29 is 18.0 Å². The van der Waals surface area contributed by atoms with E-state index in [1.807, 2.05) is 0 Å². The SMILES string of the molecule is C[C@@H]1C[C@@H](C)CN(C(=O)c2cn(-c3cccc(C(F)(F)F)c3)cn2)C1. The van der Waals surface area contributed by atoms with Crippen LogP contribution in [0.3, 0.4) is 0 Å². The van der Waals surface area contributed by atoms with Gasteiger partial charge in [-0.25, -0.2) is 4.98 Å². The standard InChI is InChI=1S/C18H20F3N3O/c1-12-6-13(2)9-23(8-12)17(25)16-10-24(11-22-16)15-5-3-4-14(7-15)18(19,20)21/h3-5,7,10-13H,6,8-9H2,1-2H3/t12-,13-/m1/s1. The summed E-state index contributed by atoms with van der Waals surface area (Å²) < 4.78 is 40.0. The van der Waals surface area contributed by atoms with E-state index in [-0.39, 0.29) is 11.6 Å². The fourth-order valence-electron chi connectivity index (χ4n) is 3.41. The van der Waals surface area contributed by atoms with Crippen LogP contribution in [0.5, 0.6) is 0 Å². The van der Waals surface area contributed by atoms with Gasteiger partial charge in [0.05, 0.1) is 5.56 Å². The van der Waals surface area contributed by atoms with Crippen LogP contribution in [-0.2, 0) is 6.18 Å². The molecule has 25 heavy (non-hydrogen) atoms. The number of aromatic nitrogens is 2. The molecule has 2 atom stereocenters. The Morgan fingerprint density at radius 1 is 1.20 bits per heavy atom. The number of benzene rings is 1. The minimum atomic E-state index is -4.41. The third kappa shape index (κ3) is 3.86. The molecule has 0 radical (unpaired) electrons. The van der Waals surface area contributed by atoms with E-state index in [4.69, 9.17) is 0 Å². The van der Waals surface area contributed by atoms with E-state index >= 15 is 0 Å². The number of piperidine rings is 1. The monoisotopic (exact) mass is 351 g/mol. The van der Waals surface area contributed by atoms with Gasteiger partial charge in [-0.05, 0) is 36.5 Å². The van der Waals surface area contributed by atoms with Crippen LogP contribution in [0.1, 0.15) is 36.3 Å². The number of carbonyl (C=O) groups is 1.